The second kappa shape index (κ2) is 5.78. The molecule has 4 heteroatoms. The summed E-state index contributed by atoms with van der Waals surface area (Å²) >= 11 is 5.12. The molecule has 0 saturated heterocycles. The molecule has 1 unspecified atom stereocenters. The Morgan fingerprint density at radius 2 is 2.00 bits per heavy atom. The van der Waals surface area contributed by atoms with Crippen molar-refractivity contribution in [2.24, 2.45) is 0 Å². The number of nitrogens with one attached hydrogen (secondary N) is 1. The van der Waals surface area contributed by atoms with Gasteiger partial charge in [0.2, 0.25) is 0 Å². The summed E-state index contributed by atoms with van der Waals surface area (Å²) in [7, 11) is 0. The lowest BCUT2D eigenvalue weighted by molar-refractivity contribution is 0.561. The van der Waals surface area contributed by atoms with Gasteiger partial charge in [-0.25, -0.2) is 0 Å². The fourth-order valence-electron chi connectivity index (χ4n) is 1.90. The van der Waals surface area contributed by atoms with E-state index in [0.717, 1.165) is 13.0 Å². The van der Waals surface area contributed by atoms with Crippen molar-refractivity contribution in [1.29, 1.82) is 0 Å². The molecule has 0 bridgehead atoms. The van der Waals surface area contributed by atoms with Crippen molar-refractivity contribution in [3.8, 4) is 0 Å². The Morgan fingerprint density at radius 1 is 1.28 bits per heavy atom. The summed E-state index contributed by atoms with van der Waals surface area (Å²) in [6, 6.07) is 11.9. The summed E-state index contributed by atoms with van der Waals surface area (Å²) in [6.45, 7) is 3.01. The van der Waals surface area contributed by atoms with Crippen LogP contribution in [0.3, 0.4) is 0 Å². The molecule has 1 aromatic heterocycles. The summed E-state index contributed by atoms with van der Waals surface area (Å²) in [5.41, 5.74) is 1.18. The maximum absolute atomic E-state index is 11.1. The van der Waals surface area contributed by atoms with E-state index >= 15 is 0 Å². The fourth-order valence-corrected chi connectivity index (χ4v) is 2.15. The van der Waals surface area contributed by atoms with Crippen LogP contribution >= 0.6 is 12.2 Å². The Bertz CT molecular complexity index is 615. The zero-order valence-electron chi connectivity index (χ0n) is 10.3. The molecular formula is C14H16N2OS. The highest BCUT2D eigenvalue weighted by atomic mass is 32.1. The summed E-state index contributed by atoms with van der Waals surface area (Å²) < 4.78 is 2.39. The molecule has 0 spiro atoms. The van der Waals surface area contributed by atoms with Gasteiger partial charge in [0.05, 0.1) is 0 Å². The number of aromatic amines is 1. The zero-order valence-corrected chi connectivity index (χ0v) is 11.1. The zero-order chi connectivity index (χ0) is 13.0. The van der Waals surface area contributed by atoms with Crippen LogP contribution in [0.2, 0.25) is 0 Å². The number of aryl methyl sites for hydroxylation is 1. The number of H-pyrrole nitrogens is 1. The second-order valence-electron chi connectivity index (χ2n) is 4.40. The average Bonchev–Trinajstić information content (AvgIpc) is 2.38. The average molecular weight is 260 g/mol. The lowest BCUT2D eigenvalue weighted by atomic mass is 9.98. The van der Waals surface area contributed by atoms with Crippen molar-refractivity contribution in [3.63, 3.8) is 0 Å². The Hall–Kier alpha value is -1.68. The number of aromatic nitrogens is 2. The Balaban J connectivity index is 2.04. The van der Waals surface area contributed by atoms with Crippen molar-refractivity contribution in [2.45, 2.75) is 25.8 Å². The first kappa shape index (κ1) is 12.8. The lowest BCUT2D eigenvalue weighted by Gasteiger charge is -2.13. The van der Waals surface area contributed by atoms with E-state index in [1.165, 1.54) is 11.6 Å². The highest BCUT2D eigenvalue weighted by Gasteiger charge is 2.05. The quantitative estimate of drug-likeness (QED) is 0.858. The second-order valence-corrected chi connectivity index (χ2v) is 4.79. The standard InChI is InChI=1S/C14H16N2OS/c1-11(12-5-3-2-4-6-12)7-9-16-10-8-13(17)15-14(16)18/h2-6,8,10-11H,7,9H2,1H3,(H,15,17,18). The summed E-state index contributed by atoms with van der Waals surface area (Å²) in [5.74, 6) is 0.472. The number of nitrogens with zero attached hydrogens (tertiary/aromatic N) is 1. The van der Waals surface area contributed by atoms with Gasteiger partial charge in [0.15, 0.2) is 4.77 Å². The van der Waals surface area contributed by atoms with Crippen LogP contribution < -0.4 is 5.56 Å². The molecule has 2 rings (SSSR count). The normalized spacial score (nSPS) is 12.3. The van der Waals surface area contributed by atoms with Crippen molar-refractivity contribution in [1.82, 2.24) is 9.55 Å². The van der Waals surface area contributed by atoms with Gasteiger partial charge in [0, 0.05) is 18.8 Å². The van der Waals surface area contributed by atoms with E-state index < -0.39 is 0 Å². The van der Waals surface area contributed by atoms with Crippen molar-refractivity contribution >= 4 is 12.2 Å². The van der Waals surface area contributed by atoms with E-state index in [1.807, 2.05) is 10.6 Å². The number of rotatable bonds is 4. The van der Waals surface area contributed by atoms with Gasteiger partial charge in [0.25, 0.3) is 5.56 Å². The van der Waals surface area contributed by atoms with Crippen LogP contribution in [0, 0.1) is 4.77 Å². The van der Waals surface area contributed by atoms with Gasteiger partial charge in [0.1, 0.15) is 0 Å². The van der Waals surface area contributed by atoms with E-state index in [4.69, 9.17) is 12.2 Å². The summed E-state index contributed by atoms with van der Waals surface area (Å²) in [4.78, 5) is 13.7. The molecule has 0 saturated carbocycles. The predicted molar refractivity (Wildman–Crippen MR) is 75.4 cm³/mol. The summed E-state index contributed by atoms with van der Waals surface area (Å²) in [5, 5.41) is 0. The first-order valence-corrected chi connectivity index (χ1v) is 6.42. The molecular weight excluding hydrogens is 244 g/mol. The first-order valence-electron chi connectivity index (χ1n) is 6.01. The fraction of sp³-hybridized carbons (Fsp3) is 0.286. The smallest absolute Gasteiger partial charge is 0.251 e. The topological polar surface area (TPSA) is 37.8 Å². The minimum Gasteiger partial charge on any atom is -0.325 e. The molecule has 1 aromatic carbocycles. The minimum atomic E-state index is -0.146. The minimum absolute atomic E-state index is 0.146. The third-order valence-electron chi connectivity index (χ3n) is 3.07. The number of hydrogen-bond donors (Lipinski definition) is 1. The Morgan fingerprint density at radius 3 is 2.67 bits per heavy atom. The molecule has 1 heterocycles. The molecule has 0 radical (unpaired) electrons. The van der Waals surface area contributed by atoms with Gasteiger partial charge in [-0.05, 0) is 30.1 Å². The van der Waals surface area contributed by atoms with Crippen LogP contribution in [-0.2, 0) is 6.54 Å². The van der Waals surface area contributed by atoms with Crippen LogP contribution in [0.15, 0.2) is 47.4 Å². The largest absolute Gasteiger partial charge is 0.325 e. The maximum atomic E-state index is 11.1. The molecule has 2 aromatic rings. The van der Waals surface area contributed by atoms with Crippen LogP contribution in [0.25, 0.3) is 0 Å². The molecule has 0 aliphatic rings. The third kappa shape index (κ3) is 3.17. The Labute approximate surface area is 111 Å². The van der Waals surface area contributed by atoms with Crippen molar-refractivity contribution < 1.29 is 0 Å². The molecule has 18 heavy (non-hydrogen) atoms. The van der Waals surface area contributed by atoms with E-state index in [2.05, 4.69) is 36.2 Å². The molecule has 0 amide bonds. The van der Waals surface area contributed by atoms with Crippen LogP contribution in [0.1, 0.15) is 24.8 Å². The monoisotopic (exact) mass is 260 g/mol. The third-order valence-corrected chi connectivity index (χ3v) is 3.41. The van der Waals surface area contributed by atoms with Crippen molar-refractivity contribution in [3.05, 3.63) is 63.3 Å². The summed E-state index contributed by atoms with van der Waals surface area (Å²) in [6.07, 6.45) is 2.74. The van der Waals surface area contributed by atoms with Gasteiger partial charge in [-0.2, -0.15) is 0 Å². The van der Waals surface area contributed by atoms with Crippen LogP contribution in [0.4, 0.5) is 0 Å². The van der Waals surface area contributed by atoms with Gasteiger partial charge in [-0.3, -0.25) is 9.78 Å². The number of hydrogen-bond acceptors (Lipinski definition) is 2. The van der Waals surface area contributed by atoms with Gasteiger partial charge >= 0.3 is 0 Å². The molecule has 0 fully saturated rings. The molecule has 0 aliphatic carbocycles. The van der Waals surface area contributed by atoms with Gasteiger partial charge in [-0.1, -0.05) is 37.3 Å². The number of benzene rings is 1. The molecule has 1 atom stereocenters. The lowest BCUT2D eigenvalue weighted by Crippen LogP contribution is -2.12. The van der Waals surface area contributed by atoms with E-state index in [0.29, 0.717) is 10.7 Å². The first-order chi connectivity index (χ1) is 8.66. The van der Waals surface area contributed by atoms with Crippen molar-refractivity contribution in [2.75, 3.05) is 0 Å². The van der Waals surface area contributed by atoms with Crippen LogP contribution in [-0.4, -0.2) is 9.55 Å². The molecule has 0 aliphatic heterocycles. The van der Waals surface area contributed by atoms with Gasteiger partial charge in [-0.15, -0.1) is 0 Å². The predicted octanol–water partition coefficient (Wildman–Crippen LogP) is 3.10. The molecule has 1 N–H and O–H groups in total. The van der Waals surface area contributed by atoms with Gasteiger partial charge < -0.3 is 4.57 Å². The molecule has 94 valence electrons. The van der Waals surface area contributed by atoms with E-state index in [9.17, 15) is 4.79 Å². The maximum Gasteiger partial charge on any atom is 0.251 e. The van der Waals surface area contributed by atoms with Crippen LogP contribution in [0.5, 0.6) is 0 Å². The van der Waals surface area contributed by atoms with E-state index in [1.54, 1.807) is 6.20 Å². The molecule has 3 nitrogen and oxygen atoms in total. The SMILES string of the molecule is CC(CCn1ccc(=O)[nH]c1=S)c1ccccc1. The Kier molecular flexibility index (Phi) is 4.10. The van der Waals surface area contributed by atoms with E-state index in [-0.39, 0.29) is 5.56 Å². The highest BCUT2D eigenvalue weighted by molar-refractivity contribution is 7.71. The highest BCUT2D eigenvalue weighted by Crippen LogP contribution is 2.18.